The summed E-state index contributed by atoms with van der Waals surface area (Å²) in [4.78, 5) is 0. The lowest BCUT2D eigenvalue weighted by molar-refractivity contribution is 0.438. The van der Waals surface area contributed by atoms with Crippen molar-refractivity contribution in [2.45, 2.75) is 26.3 Å². The van der Waals surface area contributed by atoms with Gasteiger partial charge in [-0.3, -0.25) is 0 Å². The number of benzene rings is 1. The molecule has 1 nitrogen and oxygen atoms in total. The van der Waals surface area contributed by atoms with Crippen molar-refractivity contribution < 1.29 is 4.39 Å². The topological polar surface area (TPSA) is 12.0 Å². The SMILES string of the molecule is Cc1ccc(CC(C)NCCF)cc1. The molecular formula is C12H18FN. The van der Waals surface area contributed by atoms with Crippen molar-refractivity contribution in [2.75, 3.05) is 13.2 Å². The second-order valence-electron chi connectivity index (χ2n) is 3.73. The molecule has 0 aliphatic carbocycles. The molecular weight excluding hydrogens is 177 g/mol. The summed E-state index contributed by atoms with van der Waals surface area (Å²) in [6, 6.07) is 8.81. The van der Waals surface area contributed by atoms with Crippen LogP contribution in [0.1, 0.15) is 18.1 Å². The smallest absolute Gasteiger partial charge is 0.102 e. The van der Waals surface area contributed by atoms with Crippen LogP contribution in [0.15, 0.2) is 24.3 Å². The maximum atomic E-state index is 11.9. The molecule has 0 fully saturated rings. The zero-order valence-corrected chi connectivity index (χ0v) is 8.89. The third-order valence-electron chi connectivity index (χ3n) is 2.25. The van der Waals surface area contributed by atoms with E-state index in [1.807, 2.05) is 0 Å². The predicted molar refractivity (Wildman–Crippen MR) is 58.3 cm³/mol. The molecule has 0 heterocycles. The Kier molecular flexibility index (Phi) is 4.60. The average Bonchev–Trinajstić information content (AvgIpc) is 2.18. The van der Waals surface area contributed by atoms with Gasteiger partial charge < -0.3 is 5.32 Å². The van der Waals surface area contributed by atoms with Gasteiger partial charge in [0.05, 0.1) is 0 Å². The molecule has 78 valence electrons. The maximum Gasteiger partial charge on any atom is 0.102 e. The molecule has 0 aliphatic rings. The summed E-state index contributed by atoms with van der Waals surface area (Å²) in [5.41, 5.74) is 2.58. The average molecular weight is 195 g/mol. The van der Waals surface area contributed by atoms with E-state index >= 15 is 0 Å². The van der Waals surface area contributed by atoms with Crippen molar-refractivity contribution in [3.8, 4) is 0 Å². The quantitative estimate of drug-likeness (QED) is 0.761. The highest BCUT2D eigenvalue weighted by Crippen LogP contribution is 2.05. The summed E-state index contributed by atoms with van der Waals surface area (Å²) in [5, 5.41) is 3.12. The van der Waals surface area contributed by atoms with E-state index in [0.717, 1.165) is 6.42 Å². The van der Waals surface area contributed by atoms with E-state index in [9.17, 15) is 4.39 Å². The van der Waals surface area contributed by atoms with Gasteiger partial charge in [-0.15, -0.1) is 0 Å². The molecule has 0 aliphatic heterocycles. The van der Waals surface area contributed by atoms with Crippen LogP contribution in [0.3, 0.4) is 0 Å². The van der Waals surface area contributed by atoms with Crippen LogP contribution >= 0.6 is 0 Å². The van der Waals surface area contributed by atoms with E-state index in [0.29, 0.717) is 12.6 Å². The molecule has 0 bridgehead atoms. The van der Waals surface area contributed by atoms with E-state index < -0.39 is 0 Å². The van der Waals surface area contributed by atoms with Gasteiger partial charge in [0.2, 0.25) is 0 Å². The number of nitrogens with one attached hydrogen (secondary N) is 1. The third-order valence-corrected chi connectivity index (χ3v) is 2.25. The van der Waals surface area contributed by atoms with Gasteiger partial charge in [-0.1, -0.05) is 29.8 Å². The first-order chi connectivity index (χ1) is 6.72. The van der Waals surface area contributed by atoms with Crippen molar-refractivity contribution >= 4 is 0 Å². The lowest BCUT2D eigenvalue weighted by Crippen LogP contribution is -2.29. The van der Waals surface area contributed by atoms with Gasteiger partial charge in [-0.05, 0) is 25.8 Å². The van der Waals surface area contributed by atoms with Crippen molar-refractivity contribution in [3.05, 3.63) is 35.4 Å². The van der Waals surface area contributed by atoms with Crippen LogP contribution in [-0.4, -0.2) is 19.3 Å². The van der Waals surface area contributed by atoms with Crippen molar-refractivity contribution in [2.24, 2.45) is 0 Å². The van der Waals surface area contributed by atoms with Crippen LogP contribution < -0.4 is 5.32 Å². The zero-order valence-electron chi connectivity index (χ0n) is 8.89. The minimum absolute atomic E-state index is 0.293. The first-order valence-corrected chi connectivity index (χ1v) is 5.07. The standard InChI is InChI=1S/C12H18FN/c1-10-3-5-12(6-4-10)9-11(2)14-8-7-13/h3-6,11,14H,7-9H2,1-2H3. The highest BCUT2D eigenvalue weighted by molar-refractivity contribution is 5.21. The highest BCUT2D eigenvalue weighted by Gasteiger charge is 2.01. The molecule has 1 aromatic rings. The minimum Gasteiger partial charge on any atom is -0.311 e. The van der Waals surface area contributed by atoms with Crippen LogP contribution in [0, 0.1) is 6.92 Å². The largest absolute Gasteiger partial charge is 0.311 e. The molecule has 2 heteroatoms. The highest BCUT2D eigenvalue weighted by atomic mass is 19.1. The third kappa shape index (κ3) is 3.88. The molecule has 1 aromatic carbocycles. The summed E-state index contributed by atoms with van der Waals surface area (Å²) in [6.45, 7) is 4.31. The molecule has 0 saturated heterocycles. The number of hydrogen-bond acceptors (Lipinski definition) is 1. The summed E-state index contributed by atoms with van der Waals surface area (Å²) in [5.74, 6) is 0. The van der Waals surface area contributed by atoms with E-state index in [2.05, 4.69) is 43.4 Å². The molecule has 1 rings (SSSR count). The summed E-state index contributed by atoms with van der Waals surface area (Å²) < 4.78 is 11.9. The molecule has 0 saturated carbocycles. The Labute approximate surface area is 85.3 Å². The van der Waals surface area contributed by atoms with Gasteiger partial charge in [-0.2, -0.15) is 0 Å². The monoisotopic (exact) mass is 195 g/mol. The van der Waals surface area contributed by atoms with E-state index in [1.54, 1.807) is 0 Å². The van der Waals surface area contributed by atoms with Crippen molar-refractivity contribution in [1.29, 1.82) is 0 Å². The Balaban J connectivity index is 2.39. The minimum atomic E-state index is -0.293. The first kappa shape index (κ1) is 11.2. The number of halogens is 1. The van der Waals surface area contributed by atoms with Crippen LogP contribution in [-0.2, 0) is 6.42 Å². The van der Waals surface area contributed by atoms with Crippen molar-refractivity contribution in [1.82, 2.24) is 5.32 Å². The molecule has 0 radical (unpaired) electrons. The fourth-order valence-electron chi connectivity index (χ4n) is 1.45. The molecule has 1 unspecified atom stereocenters. The van der Waals surface area contributed by atoms with Gasteiger partial charge in [0, 0.05) is 12.6 Å². The van der Waals surface area contributed by atoms with Crippen LogP contribution in [0.2, 0.25) is 0 Å². The Morgan fingerprint density at radius 3 is 2.50 bits per heavy atom. The second-order valence-corrected chi connectivity index (χ2v) is 3.73. The lowest BCUT2D eigenvalue weighted by Gasteiger charge is -2.12. The molecule has 0 amide bonds. The second kappa shape index (κ2) is 5.76. The molecule has 1 atom stereocenters. The van der Waals surface area contributed by atoms with E-state index in [-0.39, 0.29) is 6.67 Å². The first-order valence-electron chi connectivity index (χ1n) is 5.07. The van der Waals surface area contributed by atoms with Crippen LogP contribution in [0.25, 0.3) is 0 Å². The predicted octanol–water partition coefficient (Wildman–Crippen LogP) is 2.49. The molecule has 0 spiro atoms. The molecule has 1 N–H and O–H groups in total. The fraction of sp³-hybridized carbons (Fsp3) is 0.500. The Bertz CT molecular complexity index is 256. The van der Waals surface area contributed by atoms with Gasteiger partial charge in [0.1, 0.15) is 6.67 Å². The van der Waals surface area contributed by atoms with Crippen LogP contribution in [0.4, 0.5) is 4.39 Å². The van der Waals surface area contributed by atoms with Crippen molar-refractivity contribution in [3.63, 3.8) is 0 Å². The summed E-state index contributed by atoms with van der Waals surface area (Å²) in [6.07, 6.45) is 0.959. The van der Waals surface area contributed by atoms with Gasteiger partial charge in [-0.25, -0.2) is 4.39 Å². The Morgan fingerprint density at radius 1 is 1.29 bits per heavy atom. The van der Waals surface area contributed by atoms with E-state index in [4.69, 9.17) is 0 Å². The van der Waals surface area contributed by atoms with Gasteiger partial charge >= 0.3 is 0 Å². The normalized spacial score (nSPS) is 12.8. The number of alkyl halides is 1. The van der Waals surface area contributed by atoms with E-state index in [1.165, 1.54) is 11.1 Å². The number of aryl methyl sites for hydroxylation is 1. The van der Waals surface area contributed by atoms with Gasteiger partial charge in [0.15, 0.2) is 0 Å². The summed E-state index contributed by atoms with van der Waals surface area (Å²) in [7, 11) is 0. The number of hydrogen-bond donors (Lipinski definition) is 1. The fourth-order valence-corrected chi connectivity index (χ4v) is 1.45. The molecule has 0 aromatic heterocycles. The maximum absolute atomic E-state index is 11.9. The molecule has 14 heavy (non-hydrogen) atoms. The lowest BCUT2D eigenvalue weighted by atomic mass is 10.1. The zero-order chi connectivity index (χ0) is 10.4. The number of rotatable bonds is 5. The van der Waals surface area contributed by atoms with Crippen LogP contribution in [0.5, 0.6) is 0 Å². The Morgan fingerprint density at radius 2 is 1.93 bits per heavy atom. The summed E-state index contributed by atoms with van der Waals surface area (Å²) >= 11 is 0. The Hall–Kier alpha value is -0.890. The van der Waals surface area contributed by atoms with Gasteiger partial charge in [0.25, 0.3) is 0 Å².